The SMILES string of the molecule is Cn1ccc(CNC(=O)N2CC(S(=O)(=O)N3CCC(c4c[nH]c5ncccc45)CC3)C2)n1. The average Bonchev–Trinajstić information content (AvgIpc) is 3.37. The number of hydrogen-bond acceptors (Lipinski definition) is 5. The second-order valence-electron chi connectivity index (χ2n) is 8.53. The second kappa shape index (κ2) is 8.21. The van der Waals surface area contributed by atoms with Crippen molar-refractivity contribution in [2.45, 2.75) is 30.6 Å². The van der Waals surface area contributed by atoms with Gasteiger partial charge in [0.2, 0.25) is 10.0 Å². The molecule has 0 unspecified atom stereocenters. The van der Waals surface area contributed by atoms with Crippen LogP contribution in [0.25, 0.3) is 11.0 Å². The Morgan fingerprint density at radius 2 is 2.03 bits per heavy atom. The lowest BCUT2D eigenvalue weighted by molar-refractivity contribution is 0.166. The molecule has 0 bridgehead atoms. The smallest absolute Gasteiger partial charge is 0.317 e. The van der Waals surface area contributed by atoms with Crippen LogP contribution in [0.15, 0.2) is 36.8 Å². The molecule has 2 N–H and O–H groups in total. The summed E-state index contributed by atoms with van der Waals surface area (Å²) in [4.78, 5) is 21.4. The highest BCUT2D eigenvalue weighted by Gasteiger charge is 2.43. The van der Waals surface area contributed by atoms with E-state index in [1.807, 2.05) is 31.6 Å². The van der Waals surface area contributed by atoms with E-state index in [4.69, 9.17) is 0 Å². The van der Waals surface area contributed by atoms with Gasteiger partial charge in [-0.2, -0.15) is 5.10 Å². The molecule has 3 aromatic rings. The summed E-state index contributed by atoms with van der Waals surface area (Å²) >= 11 is 0. The molecule has 0 aromatic carbocycles. The van der Waals surface area contributed by atoms with Crippen LogP contribution in [0.5, 0.6) is 0 Å². The molecule has 2 aliphatic rings. The van der Waals surface area contributed by atoms with E-state index in [-0.39, 0.29) is 19.1 Å². The van der Waals surface area contributed by atoms with Crippen LogP contribution < -0.4 is 5.32 Å². The van der Waals surface area contributed by atoms with Gasteiger partial charge >= 0.3 is 6.03 Å². The molecule has 11 heteroatoms. The minimum atomic E-state index is -3.41. The van der Waals surface area contributed by atoms with Crippen molar-refractivity contribution in [1.29, 1.82) is 0 Å². The fraction of sp³-hybridized carbons (Fsp3) is 0.476. The average molecular weight is 458 g/mol. The number of carbonyl (C=O) groups is 1. The minimum absolute atomic E-state index is 0.227. The van der Waals surface area contributed by atoms with E-state index in [2.05, 4.69) is 26.4 Å². The van der Waals surface area contributed by atoms with E-state index in [9.17, 15) is 13.2 Å². The van der Waals surface area contributed by atoms with Crippen molar-refractivity contribution in [1.82, 2.24) is 34.3 Å². The number of nitrogens with one attached hydrogen (secondary N) is 2. The minimum Gasteiger partial charge on any atom is -0.346 e. The van der Waals surface area contributed by atoms with Crippen molar-refractivity contribution < 1.29 is 13.2 Å². The van der Waals surface area contributed by atoms with Crippen LogP contribution in [-0.4, -0.2) is 74.8 Å². The van der Waals surface area contributed by atoms with Gasteiger partial charge in [0, 0.05) is 57.2 Å². The van der Waals surface area contributed by atoms with Gasteiger partial charge in [-0.15, -0.1) is 0 Å². The van der Waals surface area contributed by atoms with Gasteiger partial charge in [0.25, 0.3) is 0 Å². The fourth-order valence-corrected chi connectivity index (χ4v) is 6.45. The first kappa shape index (κ1) is 21.0. The Balaban J connectivity index is 1.13. The van der Waals surface area contributed by atoms with E-state index >= 15 is 0 Å². The summed E-state index contributed by atoms with van der Waals surface area (Å²) in [6.07, 6.45) is 7.13. The number of H-pyrrole nitrogens is 1. The molecule has 5 rings (SSSR count). The topological polar surface area (TPSA) is 116 Å². The number of nitrogens with zero attached hydrogens (tertiary/aromatic N) is 5. The molecule has 0 radical (unpaired) electrons. The largest absolute Gasteiger partial charge is 0.346 e. The fourth-order valence-electron chi connectivity index (χ4n) is 4.57. The number of aromatic nitrogens is 4. The number of likely N-dealkylation sites (tertiary alicyclic amines) is 1. The number of sulfonamides is 1. The van der Waals surface area contributed by atoms with Crippen LogP contribution in [0.1, 0.15) is 30.0 Å². The lowest BCUT2D eigenvalue weighted by atomic mass is 9.90. The van der Waals surface area contributed by atoms with E-state index < -0.39 is 15.3 Å². The second-order valence-corrected chi connectivity index (χ2v) is 10.7. The predicted octanol–water partition coefficient (Wildman–Crippen LogP) is 1.40. The first-order valence-electron chi connectivity index (χ1n) is 10.8. The van der Waals surface area contributed by atoms with Crippen LogP contribution in [-0.2, 0) is 23.6 Å². The Labute approximate surface area is 186 Å². The monoisotopic (exact) mass is 457 g/mol. The van der Waals surface area contributed by atoms with Gasteiger partial charge < -0.3 is 15.2 Å². The third-order valence-electron chi connectivity index (χ3n) is 6.48. The highest BCUT2D eigenvalue weighted by Crippen LogP contribution is 2.34. The number of hydrogen-bond donors (Lipinski definition) is 2. The third-order valence-corrected chi connectivity index (χ3v) is 8.71. The number of amides is 2. The molecule has 0 aliphatic carbocycles. The number of pyridine rings is 1. The van der Waals surface area contributed by atoms with Crippen LogP contribution in [0, 0.1) is 0 Å². The quantitative estimate of drug-likeness (QED) is 0.601. The third kappa shape index (κ3) is 3.86. The Morgan fingerprint density at radius 3 is 2.75 bits per heavy atom. The van der Waals surface area contributed by atoms with Crippen molar-refractivity contribution >= 4 is 27.1 Å². The first-order chi connectivity index (χ1) is 15.4. The Bertz CT molecular complexity index is 1220. The zero-order valence-electron chi connectivity index (χ0n) is 17.9. The number of fused-ring (bicyclic) bond motifs is 1. The molecule has 0 spiro atoms. The van der Waals surface area contributed by atoms with Gasteiger partial charge in [0.15, 0.2) is 0 Å². The van der Waals surface area contributed by atoms with Gasteiger partial charge in [-0.05, 0) is 42.5 Å². The summed E-state index contributed by atoms with van der Waals surface area (Å²) in [5, 5.41) is 7.59. The Kier molecular flexibility index (Phi) is 5.38. The van der Waals surface area contributed by atoms with E-state index in [0.29, 0.717) is 25.6 Å². The summed E-state index contributed by atoms with van der Waals surface area (Å²) in [5.74, 6) is 0.315. The number of aromatic amines is 1. The molecule has 5 heterocycles. The van der Waals surface area contributed by atoms with Gasteiger partial charge in [0.05, 0.1) is 12.2 Å². The van der Waals surface area contributed by atoms with E-state index in [1.54, 1.807) is 15.2 Å². The molecule has 2 amide bonds. The maximum absolute atomic E-state index is 13.1. The molecule has 170 valence electrons. The van der Waals surface area contributed by atoms with Crippen molar-refractivity contribution in [2.75, 3.05) is 26.2 Å². The molecular weight excluding hydrogens is 430 g/mol. The molecular formula is C21H27N7O3S. The van der Waals surface area contributed by atoms with Crippen LogP contribution in [0.3, 0.4) is 0 Å². The van der Waals surface area contributed by atoms with Gasteiger partial charge in [-0.3, -0.25) is 4.68 Å². The lowest BCUT2D eigenvalue weighted by Gasteiger charge is -2.42. The first-order valence-corrected chi connectivity index (χ1v) is 12.3. The lowest BCUT2D eigenvalue weighted by Crippen LogP contribution is -2.62. The highest BCUT2D eigenvalue weighted by molar-refractivity contribution is 7.89. The van der Waals surface area contributed by atoms with E-state index in [1.165, 1.54) is 10.5 Å². The van der Waals surface area contributed by atoms with Crippen LogP contribution in [0.4, 0.5) is 4.79 Å². The molecule has 2 fully saturated rings. The molecule has 10 nitrogen and oxygen atoms in total. The van der Waals surface area contributed by atoms with Crippen LogP contribution in [0.2, 0.25) is 0 Å². The maximum Gasteiger partial charge on any atom is 0.317 e. The van der Waals surface area contributed by atoms with Crippen molar-refractivity contribution in [3.63, 3.8) is 0 Å². The van der Waals surface area contributed by atoms with E-state index in [0.717, 1.165) is 29.6 Å². The molecule has 2 saturated heterocycles. The van der Waals surface area contributed by atoms with Crippen molar-refractivity contribution in [2.24, 2.45) is 7.05 Å². The maximum atomic E-state index is 13.1. The van der Waals surface area contributed by atoms with Crippen molar-refractivity contribution in [3.8, 4) is 0 Å². The predicted molar refractivity (Wildman–Crippen MR) is 119 cm³/mol. The number of carbonyl (C=O) groups excluding carboxylic acids is 1. The molecule has 3 aromatic heterocycles. The zero-order valence-corrected chi connectivity index (χ0v) is 18.8. The highest BCUT2D eigenvalue weighted by atomic mass is 32.2. The van der Waals surface area contributed by atoms with Gasteiger partial charge in [-0.1, -0.05) is 0 Å². The van der Waals surface area contributed by atoms with Gasteiger partial charge in [-0.25, -0.2) is 22.5 Å². The van der Waals surface area contributed by atoms with Crippen LogP contribution >= 0.6 is 0 Å². The molecule has 2 aliphatic heterocycles. The standard InChI is InChI=1S/C21H27N7O3S/c1-26-8-6-16(25-26)11-24-21(29)27-13-17(14-27)32(30,31)28-9-4-15(5-10-28)19-12-23-20-18(19)3-2-7-22-20/h2-3,6-8,12,15,17H,4-5,9-11,13-14H2,1H3,(H,22,23)(H,24,29). The number of urea groups is 1. The Morgan fingerprint density at radius 1 is 1.25 bits per heavy atom. The number of rotatable bonds is 5. The number of piperidine rings is 1. The summed E-state index contributed by atoms with van der Waals surface area (Å²) in [5.41, 5.74) is 2.84. The zero-order chi connectivity index (χ0) is 22.3. The van der Waals surface area contributed by atoms with Crippen molar-refractivity contribution in [3.05, 3.63) is 48.0 Å². The normalized spacial score (nSPS) is 18.7. The molecule has 0 atom stereocenters. The summed E-state index contributed by atoms with van der Waals surface area (Å²) in [6.45, 7) is 1.78. The summed E-state index contributed by atoms with van der Waals surface area (Å²) in [7, 11) is -1.60. The summed E-state index contributed by atoms with van der Waals surface area (Å²) in [6, 6.07) is 5.56. The summed E-state index contributed by atoms with van der Waals surface area (Å²) < 4.78 is 29.4. The molecule has 32 heavy (non-hydrogen) atoms. The Hall–Kier alpha value is -2.92. The molecule has 0 saturated carbocycles. The number of aryl methyl sites for hydroxylation is 1. The van der Waals surface area contributed by atoms with Gasteiger partial charge in [0.1, 0.15) is 10.9 Å².